The maximum absolute atomic E-state index is 13.3. The lowest BCUT2D eigenvalue weighted by Crippen LogP contribution is -2.20. The zero-order chi connectivity index (χ0) is 11.4. The third kappa shape index (κ3) is 3.22. The lowest BCUT2D eigenvalue weighted by atomic mass is 9.82. The van der Waals surface area contributed by atoms with Crippen molar-refractivity contribution in [1.82, 2.24) is 0 Å². The highest BCUT2D eigenvalue weighted by Crippen LogP contribution is 2.32. The Morgan fingerprint density at radius 3 is 2.75 bits per heavy atom. The molecule has 1 nitrogen and oxygen atoms in total. The number of hydrogen-bond donors (Lipinski definition) is 1. The van der Waals surface area contributed by atoms with Gasteiger partial charge in [-0.2, -0.15) is 0 Å². The van der Waals surface area contributed by atoms with E-state index in [4.69, 9.17) is 0 Å². The lowest BCUT2D eigenvalue weighted by molar-refractivity contribution is 0.136. The second-order valence-electron chi connectivity index (χ2n) is 4.43. The van der Waals surface area contributed by atoms with E-state index < -0.39 is 0 Å². The molecule has 0 aromatic heterocycles. The van der Waals surface area contributed by atoms with Crippen LogP contribution in [0.3, 0.4) is 0 Å². The van der Waals surface area contributed by atoms with Crippen LogP contribution in [0.4, 0.5) is 4.39 Å². The molecule has 1 aliphatic rings. The van der Waals surface area contributed by atoms with E-state index in [1.165, 1.54) is 37.1 Å². The summed E-state index contributed by atoms with van der Waals surface area (Å²) >= 11 is 1.41. The first-order valence-electron chi connectivity index (χ1n) is 5.81. The summed E-state index contributed by atoms with van der Waals surface area (Å²) in [5, 5.41) is 9.79. The fraction of sp³-hybridized carbons (Fsp3) is 0.538. The maximum atomic E-state index is 13.3. The normalized spacial score (nSPS) is 18.1. The first-order chi connectivity index (χ1) is 7.75. The van der Waals surface area contributed by atoms with E-state index >= 15 is 0 Å². The van der Waals surface area contributed by atoms with Gasteiger partial charge in [0.05, 0.1) is 6.10 Å². The molecule has 0 spiro atoms. The highest BCUT2D eigenvalue weighted by atomic mass is 32.2. The number of rotatable bonds is 5. The van der Waals surface area contributed by atoms with Crippen LogP contribution in [0.5, 0.6) is 0 Å². The predicted octanol–water partition coefficient (Wildman–Crippen LogP) is 3.47. The van der Waals surface area contributed by atoms with Crippen LogP contribution in [0.2, 0.25) is 0 Å². The highest BCUT2D eigenvalue weighted by Gasteiger charge is 2.21. The number of hydrogen-bond acceptors (Lipinski definition) is 2. The molecular weight excluding hydrogens is 223 g/mol. The summed E-state index contributed by atoms with van der Waals surface area (Å²) in [5.41, 5.74) is 0. The summed E-state index contributed by atoms with van der Waals surface area (Å²) in [6, 6.07) is 6.73. The average Bonchev–Trinajstić information content (AvgIpc) is 2.22. The Morgan fingerprint density at radius 2 is 2.12 bits per heavy atom. The molecule has 3 heteroatoms. The minimum absolute atomic E-state index is 0.191. The standard InChI is InChI=1S/C13H17FOS/c14-12-6-1-2-7-13(12)16-9-11(15)8-10-4-3-5-10/h1-2,6-7,10-11,15H,3-5,8-9H2. The molecule has 1 aromatic rings. The van der Waals surface area contributed by atoms with Crippen LogP contribution in [0.15, 0.2) is 29.2 Å². The Morgan fingerprint density at radius 1 is 1.38 bits per heavy atom. The third-order valence-corrected chi connectivity index (χ3v) is 4.29. The molecule has 0 radical (unpaired) electrons. The van der Waals surface area contributed by atoms with Crippen LogP contribution >= 0.6 is 11.8 Å². The second kappa shape index (κ2) is 5.69. The van der Waals surface area contributed by atoms with Crippen molar-refractivity contribution in [3.05, 3.63) is 30.1 Å². The molecule has 2 rings (SSSR count). The van der Waals surface area contributed by atoms with E-state index in [0.29, 0.717) is 16.6 Å². The van der Waals surface area contributed by atoms with Crippen molar-refractivity contribution in [2.45, 2.75) is 36.7 Å². The van der Waals surface area contributed by atoms with Crippen LogP contribution in [-0.4, -0.2) is 17.0 Å². The first kappa shape index (κ1) is 11.9. The van der Waals surface area contributed by atoms with Gasteiger partial charge in [0.25, 0.3) is 0 Å². The van der Waals surface area contributed by atoms with Crippen LogP contribution < -0.4 is 0 Å². The fourth-order valence-electron chi connectivity index (χ4n) is 1.93. The van der Waals surface area contributed by atoms with Gasteiger partial charge in [0, 0.05) is 10.6 Å². The summed E-state index contributed by atoms with van der Waals surface area (Å²) in [7, 11) is 0. The number of benzene rings is 1. The van der Waals surface area contributed by atoms with E-state index in [-0.39, 0.29) is 11.9 Å². The SMILES string of the molecule is OC(CSc1ccccc1F)CC1CCC1. The molecule has 1 saturated carbocycles. The van der Waals surface area contributed by atoms with Crippen molar-refractivity contribution in [3.8, 4) is 0 Å². The van der Waals surface area contributed by atoms with Crippen molar-refractivity contribution in [2.75, 3.05) is 5.75 Å². The molecule has 1 N–H and O–H groups in total. The number of thioether (sulfide) groups is 1. The summed E-state index contributed by atoms with van der Waals surface area (Å²) in [6.07, 6.45) is 4.39. The Hall–Kier alpha value is -0.540. The number of aliphatic hydroxyl groups excluding tert-OH is 1. The largest absolute Gasteiger partial charge is 0.392 e. The Balaban J connectivity index is 1.75. The van der Waals surface area contributed by atoms with Gasteiger partial charge in [-0.15, -0.1) is 11.8 Å². The minimum Gasteiger partial charge on any atom is -0.392 e. The molecule has 1 unspecified atom stereocenters. The molecule has 1 atom stereocenters. The Labute approximate surface area is 100 Å². The van der Waals surface area contributed by atoms with Crippen LogP contribution in [0, 0.1) is 11.7 Å². The van der Waals surface area contributed by atoms with Gasteiger partial charge in [-0.3, -0.25) is 0 Å². The monoisotopic (exact) mass is 240 g/mol. The van der Waals surface area contributed by atoms with E-state index in [1.54, 1.807) is 12.1 Å². The van der Waals surface area contributed by atoms with E-state index in [9.17, 15) is 9.50 Å². The summed E-state index contributed by atoms with van der Waals surface area (Å²) in [4.78, 5) is 0.634. The molecular formula is C13H17FOS. The Bertz CT molecular complexity index is 338. The molecule has 0 bridgehead atoms. The van der Waals surface area contributed by atoms with Crippen LogP contribution in [0.25, 0.3) is 0 Å². The molecule has 0 saturated heterocycles. The Kier molecular flexibility index (Phi) is 4.24. The van der Waals surface area contributed by atoms with Crippen LogP contribution in [-0.2, 0) is 0 Å². The van der Waals surface area contributed by atoms with Crippen molar-refractivity contribution >= 4 is 11.8 Å². The number of halogens is 1. The molecule has 88 valence electrons. The average molecular weight is 240 g/mol. The predicted molar refractivity (Wildman–Crippen MR) is 65.1 cm³/mol. The van der Waals surface area contributed by atoms with Crippen molar-refractivity contribution in [1.29, 1.82) is 0 Å². The van der Waals surface area contributed by atoms with Gasteiger partial charge >= 0.3 is 0 Å². The quantitative estimate of drug-likeness (QED) is 0.795. The van der Waals surface area contributed by atoms with Crippen LogP contribution in [0.1, 0.15) is 25.7 Å². The van der Waals surface area contributed by atoms with E-state index in [2.05, 4.69) is 0 Å². The second-order valence-corrected chi connectivity index (χ2v) is 5.49. The maximum Gasteiger partial charge on any atom is 0.136 e. The zero-order valence-corrected chi connectivity index (χ0v) is 10.0. The molecule has 0 heterocycles. The molecule has 0 aliphatic heterocycles. The highest BCUT2D eigenvalue weighted by molar-refractivity contribution is 7.99. The summed E-state index contributed by atoms with van der Waals surface area (Å²) in [6.45, 7) is 0. The smallest absolute Gasteiger partial charge is 0.136 e. The molecule has 16 heavy (non-hydrogen) atoms. The first-order valence-corrected chi connectivity index (χ1v) is 6.79. The third-order valence-electron chi connectivity index (χ3n) is 3.10. The van der Waals surface area contributed by atoms with Gasteiger partial charge in [-0.05, 0) is 24.5 Å². The fourth-order valence-corrected chi connectivity index (χ4v) is 2.82. The van der Waals surface area contributed by atoms with Gasteiger partial charge in [-0.1, -0.05) is 31.4 Å². The van der Waals surface area contributed by atoms with Crippen molar-refractivity contribution in [3.63, 3.8) is 0 Å². The zero-order valence-electron chi connectivity index (χ0n) is 9.23. The molecule has 0 amide bonds. The van der Waals surface area contributed by atoms with Gasteiger partial charge < -0.3 is 5.11 Å². The van der Waals surface area contributed by atoms with Gasteiger partial charge in [0.15, 0.2) is 0 Å². The topological polar surface area (TPSA) is 20.2 Å². The van der Waals surface area contributed by atoms with Crippen molar-refractivity contribution < 1.29 is 9.50 Å². The van der Waals surface area contributed by atoms with Crippen molar-refractivity contribution in [2.24, 2.45) is 5.92 Å². The molecule has 1 fully saturated rings. The van der Waals surface area contributed by atoms with E-state index in [0.717, 1.165) is 6.42 Å². The van der Waals surface area contributed by atoms with E-state index in [1.807, 2.05) is 6.07 Å². The lowest BCUT2D eigenvalue weighted by Gasteiger charge is -2.27. The summed E-state index contributed by atoms with van der Waals surface area (Å²) < 4.78 is 13.3. The van der Waals surface area contributed by atoms with Gasteiger partial charge in [0.2, 0.25) is 0 Å². The van der Waals surface area contributed by atoms with Gasteiger partial charge in [0.1, 0.15) is 5.82 Å². The van der Waals surface area contributed by atoms with Gasteiger partial charge in [-0.25, -0.2) is 4.39 Å². The number of aliphatic hydroxyl groups is 1. The molecule has 1 aromatic carbocycles. The minimum atomic E-state index is -0.296. The molecule has 1 aliphatic carbocycles. The summed E-state index contributed by atoms with van der Waals surface area (Å²) in [5.74, 6) is 1.11.